The van der Waals surface area contributed by atoms with Gasteiger partial charge in [-0.3, -0.25) is 4.98 Å². The fourth-order valence-electron chi connectivity index (χ4n) is 4.64. The van der Waals surface area contributed by atoms with Crippen molar-refractivity contribution in [2.75, 3.05) is 44.9 Å². The summed E-state index contributed by atoms with van der Waals surface area (Å²) in [7, 11) is 1.42. The first-order valence-corrected chi connectivity index (χ1v) is 10.8. The van der Waals surface area contributed by atoms with Crippen molar-refractivity contribution in [1.29, 1.82) is 0 Å². The molecule has 2 saturated heterocycles. The van der Waals surface area contributed by atoms with Crippen LogP contribution in [-0.2, 0) is 15.9 Å². The number of anilines is 1. The van der Waals surface area contributed by atoms with Crippen LogP contribution in [0.15, 0.2) is 24.4 Å². The normalized spacial score (nSPS) is 22.6. The summed E-state index contributed by atoms with van der Waals surface area (Å²) in [6.07, 6.45) is 7.49. The number of amides is 1. The Morgan fingerprint density at radius 1 is 1.29 bits per heavy atom. The molecule has 31 heavy (non-hydrogen) atoms. The van der Waals surface area contributed by atoms with Gasteiger partial charge in [0.25, 0.3) is 0 Å². The first kappa shape index (κ1) is 19.9. The number of hydrogen-bond donors (Lipinski definition) is 0. The molecule has 1 amide bonds. The summed E-state index contributed by atoms with van der Waals surface area (Å²) in [6, 6.07) is 4.33. The number of aromatic nitrogens is 3. The van der Waals surface area contributed by atoms with E-state index in [-0.39, 0.29) is 18.1 Å². The van der Waals surface area contributed by atoms with E-state index in [1.807, 2.05) is 12.3 Å². The first-order valence-electron chi connectivity index (χ1n) is 10.8. The molecule has 2 aromatic heterocycles. The summed E-state index contributed by atoms with van der Waals surface area (Å²) in [5, 5.41) is 0. The molecule has 0 aromatic carbocycles. The van der Waals surface area contributed by atoms with Crippen molar-refractivity contribution in [2.24, 2.45) is 0 Å². The van der Waals surface area contributed by atoms with E-state index in [4.69, 9.17) is 19.4 Å². The number of methoxy groups -OCH3 is 1. The van der Waals surface area contributed by atoms with E-state index in [9.17, 15) is 4.79 Å². The minimum atomic E-state index is -0.282. The maximum absolute atomic E-state index is 12.0. The zero-order valence-corrected chi connectivity index (χ0v) is 18.0. The monoisotopic (exact) mass is 421 g/mol. The lowest BCUT2D eigenvalue weighted by atomic mass is 10.0. The lowest BCUT2D eigenvalue weighted by Crippen LogP contribution is -2.44. The molecule has 8 heteroatoms. The summed E-state index contributed by atoms with van der Waals surface area (Å²) >= 11 is 0. The third-order valence-electron chi connectivity index (χ3n) is 6.34. The number of carbonyl (C=O) groups is 1. The van der Waals surface area contributed by atoms with Crippen LogP contribution in [0.1, 0.15) is 36.2 Å². The lowest BCUT2D eigenvalue weighted by molar-refractivity contribution is 0.0985. The van der Waals surface area contributed by atoms with Crippen LogP contribution in [0.5, 0.6) is 0 Å². The lowest BCUT2D eigenvalue weighted by Gasteiger charge is -2.34. The van der Waals surface area contributed by atoms with E-state index in [1.165, 1.54) is 7.11 Å². The summed E-state index contributed by atoms with van der Waals surface area (Å²) in [5.41, 5.74) is 4.14. The van der Waals surface area contributed by atoms with Gasteiger partial charge in [0.05, 0.1) is 37.8 Å². The fraction of sp³-hybridized carbons (Fsp3) is 0.478. The second-order valence-corrected chi connectivity index (χ2v) is 8.32. The van der Waals surface area contributed by atoms with Crippen molar-refractivity contribution < 1.29 is 14.3 Å². The maximum Gasteiger partial charge on any atom is 0.409 e. The van der Waals surface area contributed by atoms with Crippen LogP contribution >= 0.6 is 0 Å². The summed E-state index contributed by atoms with van der Waals surface area (Å²) in [4.78, 5) is 30.5. The number of ether oxygens (including phenoxy) is 2. The number of pyridine rings is 1. The number of rotatable bonds is 3. The van der Waals surface area contributed by atoms with Gasteiger partial charge in [0.15, 0.2) is 5.82 Å². The van der Waals surface area contributed by atoms with Crippen molar-refractivity contribution in [2.45, 2.75) is 31.7 Å². The Bertz CT molecular complexity index is 1020. The van der Waals surface area contributed by atoms with Gasteiger partial charge >= 0.3 is 6.09 Å². The number of allylic oxidation sites excluding steroid dienone is 1. The van der Waals surface area contributed by atoms with Gasteiger partial charge in [0.2, 0.25) is 0 Å². The second-order valence-electron chi connectivity index (χ2n) is 8.32. The summed E-state index contributed by atoms with van der Waals surface area (Å²) < 4.78 is 10.5. The number of morpholine rings is 1. The molecule has 0 saturated carbocycles. The molecule has 5 rings (SSSR count). The van der Waals surface area contributed by atoms with Crippen LogP contribution < -0.4 is 4.90 Å². The number of fused-ring (bicyclic) bond motifs is 1. The van der Waals surface area contributed by atoms with Gasteiger partial charge in [-0.2, -0.15) is 0 Å². The van der Waals surface area contributed by atoms with Crippen LogP contribution in [-0.4, -0.2) is 71.9 Å². The van der Waals surface area contributed by atoms with Gasteiger partial charge in [-0.05, 0) is 19.4 Å². The predicted octanol–water partition coefficient (Wildman–Crippen LogP) is 2.89. The number of hydrogen-bond acceptors (Lipinski definition) is 7. The maximum atomic E-state index is 12.0. The SMILES string of the molecule is COC(=O)N1CCC(c2cc(N3CCOC[C@H]3C)nc(-c3ccnc4c3C=CC4)n2)C1. The molecule has 0 N–H and O–H groups in total. The molecule has 0 spiro atoms. The highest BCUT2D eigenvalue weighted by molar-refractivity contribution is 5.75. The minimum absolute atomic E-state index is 0.154. The third-order valence-corrected chi connectivity index (χ3v) is 6.34. The fourth-order valence-corrected chi connectivity index (χ4v) is 4.64. The highest BCUT2D eigenvalue weighted by atomic mass is 16.5. The Balaban J connectivity index is 1.56. The Kier molecular flexibility index (Phi) is 5.31. The zero-order valence-electron chi connectivity index (χ0n) is 18.0. The van der Waals surface area contributed by atoms with Gasteiger partial charge < -0.3 is 19.3 Å². The van der Waals surface area contributed by atoms with Crippen molar-refractivity contribution in [1.82, 2.24) is 19.9 Å². The van der Waals surface area contributed by atoms with E-state index >= 15 is 0 Å². The van der Waals surface area contributed by atoms with Crippen molar-refractivity contribution in [3.05, 3.63) is 41.4 Å². The zero-order chi connectivity index (χ0) is 21.4. The van der Waals surface area contributed by atoms with Gasteiger partial charge in [-0.1, -0.05) is 12.2 Å². The third kappa shape index (κ3) is 3.76. The van der Waals surface area contributed by atoms with E-state index in [2.05, 4.69) is 35.0 Å². The largest absolute Gasteiger partial charge is 0.453 e. The minimum Gasteiger partial charge on any atom is -0.453 e. The Morgan fingerprint density at radius 3 is 3.03 bits per heavy atom. The van der Waals surface area contributed by atoms with Crippen LogP contribution in [0.25, 0.3) is 17.5 Å². The summed E-state index contributed by atoms with van der Waals surface area (Å²) in [5.74, 6) is 1.79. The summed E-state index contributed by atoms with van der Waals surface area (Å²) in [6.45, 7) is 5.60. The van der Waals surface area contributed by atoms with Crippen LogP contribution in [0.3, 0.4) is 0 Å². The van der Waals surface area contributed by atoms with E-state index in [0.29, 0.717) is 32.1 Å². The highest BCUT2D eigenvalue weighted by Crippen LogP contribution is 2.33. The van der Waals surface area contributed by atoms with Crippen molar-refractivity contribution >= 4 is 18.0 Å². The molecule has 0 radical (unpaired) electrons. The van der Waals surface area contributed by atoms with Crippen LogP contribution in [0.2, 0.25) is 0 Å². The molecule has 0 bridgehead atoms. The molecular formula is C23H27N5O3. The number of nitrogens with zero attached hydrogens (tertiary/aromatic N) is 5. The molecule has 1 unspecified atom stereocenters. The van der Waals surface area contributed by atoms with Gasteiger partial charge in [-0.25, -0.2) is 14.8 Å². The molecule has 4 heterocycles. The van der Waals surface area contributed by atoms with Gasteiger partial charge in [-0.15, -0.1) is 0 Å². The van der Waals surface area contributed by atoms with Gasteiger partial charge in [0, 0.05) is 55.4 Å². The Labute approximate surface area is 181 Å². The smallest absolute Gasteiger partial charge is 0.409 e. The molecule has 3 aliphatic rings. The number of likely N-dealkylation sites (tertiary alicyclic amines) is 1. The number of carbonyl (C=O) groups excluding carboxylic acids is 1. The second kappa shape index (κ2) is 8.26. The predicted molar refractivity (Wildman–Crippen MR) is 117 cm³/mol. The molecule has 2 aromatic rings. The average molecular weight is 422 g/mol. The van der Waals surface area contributed by atoms with Crippen molar-refractivity contribution in [3.8, 4) is 11.4 Å². The molecule has 2 atom stereocenters. The van der Waals surface area contributed by atoms with Crippen molar-refractivity contribution in [3.63, 3.8) is 0 Å². The molecule has 2 aliphatic heterocycles. The molecule has 1 aliphatic carbocycles. The van der Waals surface area contributed by atoms with Crippen LogP contribution in [0, 0.1) is 0 Å². The first-order chi connectivity index (χ1) is 15.1. The standard InChI is InChI=1S/C23H27N5O3/c1-15-14-31-11-10-28(15)21-12-20(16-7-9-27(13-16)23(29)30-2)25-22(26-21)18-6-8-24-19-5-3-4-17(18)19/h3-4,6,8,12,15-16H,5,7,9-11,13-14H2,1-2H3/t15-,16?/m1/s1. The van der Waals surface area contributed by atoms with E-state index in [1.54, 1.807) is 4.90 Å². The topological polar surface area (TPSA) is 80.7 Å². The molecule has 8 nitrogen and oxygen atoms in total. The quantitative estimate of drug-likeness (QED) is 0.754. The highest BCUT2D eigenvalue weighted by Gasteiger charge is 2.31. The molecular weight excluding hydrogens is 394 g/mol. The van der Waals surface area contributed by atoms with E-state index in [0.717, 1.165) is 47.7 Å². The Hall–Kier alpha value is -3.00. The van der Waals surface area contributed by atoms with Crippen LogP contribution in [0.4, 0.5) is 10.6 Å². The molecule has 2 fully saturated rings. The molecule has 162 valence electrons. The Morgan fingerprint density at radius 2 is 2.19 bits per heavy atom. The van der Waals surface area contributed by atoms with E-state index < -0.39 is 0 Å². The average Bonchev–Trinajstić information content (AvgIpc) is 3.48. The van der Waals surface area contributed by atoms with Gasteiger partial charge in [0.1, 0.15) is 5.82 Å².